The Kier molecular flexibility index (Phi) is 8.18. The quantitative estimate of drug-likeness (QED) is 0.433. The maximum atomic E-state index is 13.7. The first kappa shape index (κ1) is 25.7. The third-order valence-corrected chi connectivity index (χ3v) is 9.06. The SMILES string of the molecule is CCc1cccc2sc(N(CCCN3CCOCC3)C(=O)c3ccc(S(=O)(=O)N(C)C)cc3)nc12. The van der Waals surface area contributed by atoms with E-state index in [0.29, 0.717) is 17.2 Å². The second-order valence-corrected chi connectivity index (χ2v) is 11.9. The van der Waals surface area contributed by atoms with Crippen molar-refractivity contribution >= 4 is 42.6 Å². The number of amides is 1. The van der Waals surface area contributed by atoms with Crippen LogP contribution in [0.2, 0.25) is 0 Å². The van der Waals surface area contributed by atoms with Crippen LogP contribution in [0.15, 0.2) is 47.4 Å². The number of morpholine rings is 1. The minimum Gasteiger partial charge on any atom is -0.379 e. The van der Waals surface area contributed by atoms with Gasteiger partial charge in [0.1, 0.15) is 0 Å². The van der Waals surface area contributed by atoms with E-state index in [4.69, 9.17) is 9.72 Å². The molecule has 4 rings (SSSR count). The fraction of sp³-hybridized carbons (Fsp3) is 0.440. The van der Waals surface area contributed by atoms with Gasteiger partial charge < -0.3 is 4.74 Å². The van der Waals surface area contributed by atoms with Crippen LogP contribution in [-0.2, 0) is 21.2 Å². The van der Waals surface area contributed by atoms with E-state index in [-0.39, 0.29) is 10.8 Å². The van der Waals surface area contributed by atoms with Gasteiger partial charge in [-0.2, -0.15) is 0 Å². The molecule has 0 spiro atoms. The Morgan fingerprint density at radius 2 is 1.83 bits per heavy atom. The molecule has 0 aliphatic carbocycles. The van der Waals surface area contributed by atoms with E-state index in [9.17, 15) is 13.2 Å². The number of fused-ring (bicyclic) bond motifs is 1. The van der Waals surface area contributed by atoms with Gasteiger partial charge in [-0.1, -0.05) is 30.4 Å². The Morgan fingerprint density at radius 3 is 2.49 bits per heavy atom. The fourth-order valence-corrected chi connectivity index (χ4v) is 6.03. The zero-order valence-corrected chi connectivity index (χ0v) is 22.1. The average Bonchev–Trinajstić information content (AvgIpc) is 3.31. The highest BCUT2D eigenvalue weighted by Gasteiger charge is 2.24. The highest BCUT2D eigenvalue weighted by atomic mass is 32.2. The molecule has 0 atom stereocenters. The maximum Gasteiger partial charge on any atom is 0.260 e. The van der Waals surface area contributed by atoms with Crippen molar-refractivity contribution in [2.24, 2.45) is 0 Å². The standard InChI is InChI=1S/C25H32N4O4S2/c1-4-19-7-5-8-22-23(19)26-25(34-22)29(14-6-13-28-15-17-33-18-16-28)24(30)20-9-11-21(12-10-20)35(31,32)27(2)3/h5,7-12H,4,6,13-18H2,1-3H3. The Morgan fingerprint density at radius 1 is 1.11 bits per heavy atom. The lowest BCUT2D eigenvalue weighted by atomic mass is 10.1. The lowest BCUT2D eigenvalue weighted by Crippen LogP contribution is -2.39. The molecule has 0 saturated carbocycles. The normalized spacial score (nSPS) is 15.1. The van der Waals surface area contributed by atoms with Gasteiger partial charge in [-0.3, -0.25) is 14.6 Å². The van der Waals surface area contributed by atoms with E-state index < -0.39 is 10.0 Å². The Bertz CT molecular complexity index is 1270. The number of nitrogens with zero attached hydrogens (tertiary/aromatic N) is 4. The number of aromatic nitrogens is 1. The summed E-state index contributed by atoms with van der Waals surface area (Å²) in [5.74, 6) is -0.183. The third kappa shape index (κ3) is 5.73. The second-order valence-electron chi connectivity index (χ2n) is 8.69. The molecule has 0 unspecified atom stereocenters. The minimum absolute atomic E-state index is 0.158. The van der Waals surface area contributed by atoms with Gasteiger partial charge >= 0.3 is 0 Å². The summed E-state index contributed by atoms with van der Waals surface area (Å²) < 4.78 is 32.5. The van der Waals surface area contributed by atoms with Gasteiger partial charge in [-0.05, 0) is 48.7 Å². The molecule has 188 valence electrons. The molecule has 3 aromatic rings. The zero-order chi connectivity index (χ0) is 25.0. The van der Waals surface area contributed by atoms with E-state index in [1.807, 2.05) is 12.1 Å². The number of hydrogen-bond donors (Lipinski definition) is 0. The van der Waals surface area contributed by atoms with Crippen LogP contribution in [-0.4, -0.2) is 82.0 Å². The number of ether oxygens (including phenoxy) is 1. The summed E-state index contributed by atoms with van der Waals surface area (Å²) >= 11 is 1.51. The van der Waals surface area contributed by atoms with Gasteiger partial charge in [0.25, 0.3) is 5.91 Å². The molecular weight excluding hydrogens is 484 g/mol. The van der Waals surface area contributed by atoms with Crippen LogP contribution in [0, 0.1) is 0 Å². The summed E-state index contributed by atoms with van der Waals surface area (Å²) in [6.45, 7) is 6.77. The van der Waals surface area contributed by atoms with E-state index in [0.717, 1.165) is 65.8 Å². The van der Waals surface area contributed by atoms with Crippen molar-refractivity contribution in [2.45, 2.75) is 24.7 Å². The van der Waals surface area contributed by atoms with Crippen molar-refractivity contribution in [3.63, 3.8) is 0 Å². The van der Waals surface area contributed by atoms with Crippen LogP contribution in [0.25, 0.3) is 10.2 Å². The van der Waals surface area contributed by atoms with Gasteiger partial charge in [-0.25, -0.2) is 17.7 Å². The van der Waals surface area contributed by atoms with Crippen LogP contribution in [0.1, 0.15) is 29.3 Å². The Hall–Kier alpha value is -2.37. The summed E-state index contributed by atoms with van der Waals surface area (Å²) in [6, 6.07) is 12.3. The Labute approximate surface area is 211 Å². The summed E-state index contributed by atoms with van der Waals surface area (Å²) in [7, 11) is -0.584. The summed E-state index contributed by atoms with van der Waals surface area (Å²) in [4.78, 5) is 22.8. The lowest BCUT2D eigenvalue weighted by Gasteiger charge is -2.27. The maximum absolute atomic E-state index is 13.7. The summed E-state index contributed by atoms with van der Waals surface area (Å²) in [6.07, 6.45) is 1.67. The highest BCUT2D eigenvalue weighted by molar-refractivity contribution is 7.89. The summed E-state index contributed by atoms with van der Waals surface area (Å²) in [5, 5.41) is 0.665. The number of sulfonamides is 1. The molecule has 1 fully saturated rings. The van der Waals surface area contributed by atoms with Crippen LogP contribution in [0.3, 0.4) is 0 Å². The van der Waals surface area contributed by atoms with E-state index in [1.54, 1.807) is 17.0 Å². The first-order chi connectivity index (χ1) is 16.8. The van der Waals surface area contributed by atoms with Gasteiger partial charge in [-0.15, -0.1) is 0 Å². The van der Waals surface area contributed by atoms with Crippen molar-refractivity contribution in [1.29, 1.82) is 0 Å². The zero-order valence-electron chi connectivity index (χ0n) is 20.4. The van der Waals surface area contributed by atoms with Crippen molar-refractivity contribution in [3.05, 3.63) is 53.6 Å². The predicted octanol–water partition coefficient (Wildman–Crippen LogP) is 3.48. The average molecular weight is 517 g/mol. The molecule has 35 heavy (non-hydrogen) atoms. The van der Waals surface area contributed by atoms with Gasteiger partial charge in [0, 0.05) is 45.8 Å². The molecule has 0 bridgehead atoms. The molecule has 0 radical (unpaired) electrons. The number of benzene rings is 2. The van der Waals surface area contributed by atoms with Crippen molar-refractivity contribution in [2.75, 3.05) is 58.4 Å². The highest BCUT2D eigenvalue weighted by Crippen LogP contribution is 2.32. The van der Waals surface area contributed by atoms with Crippen LogP contribution in [0.5, 0.6) is 0 Å². The van der Waals surface area contributed by atoms with Crippen molar-refractivity contribution in [3.8, 4) is 0 Å². The number of rotatable bonds is 9. The number of para-hydroxylation sites is 1. The number of carbonyl (C=O) groups excluding carboxylic acids is 1. The Balaban J connectivity index is 1.61. The predicted molar refractivity (Wildman–Crippen MR) is 140 cm³/mol. The van der Waals surface area contributed by atoms with Crippen molar-refractivity contribution in [1.82, 2.24) is 14.2 Å². The minimum atomic E-state index is -3.56. The van der Waals surface area contributed by atoms with Gasteiger partial charge in [0.15, 0.2) is 5.13 Å². The molecule has 2 aromatic carbocycles. The van der Waals surface area contributed by atoms with Crippen LogP contribution in [0.4, 0.5) is 5.13 Å². The molecular formula is C25H32N4O4S2. The van der Waals surface area contributed by atoms with E-state index in [1.165, 1.54) is 37.6 Å². The first-order valence-corrected chi connectivity index (χ1v) is 14.1. The van der Waals surface area contributed by atoms with Crippen LogP contribution < -0.4 is 4.90 Å². The summed E-state index contributed by atoms with van der Waals surface area (Å²) in [5.41, 5.74) is 2.53. The molecule has 10 heteroatoms. The van der Waals surface area contributed by atoms with E-state index >= 15 is 0 Å². The molecule has 1 amide bonds. The van der Waals surface area contributed by atoms with Crippen LogP contribution >= 0.6 is 11.3 Å². The second kappa shape index (κ2) is 11.1. The lowest BCUT2D eigenvalue weighted by molar-refractivity contribution is 0.0376. The molecule has 0 N–H and O–H groups in total. The van der Waals surface area contributed by atoms with Gasteiger partial charge in [0.05, 0.1) is 28.3 Å². The monoisotopic (exact) mass is 516 g/mol. The number of aryl methyl sites for hydroxylation is 1. The number of hydrogen-bond acceptors (Lipinski definition) is 7. The molecule has 1 aliphatic heterocycles. The van der Waals surface area contributed by atoms with Crippen molar-refractivity contribution < 1.29 is 17.9 Å². The number of thiazole rings is 1. The topological polar surface area (TPSA) is 83.0 Å². The third-order valence-electron chi connectivity index (χ3n) is 6.19. The molecule has 2 heterocycles. The molecule has 1 aliphatic rings. The number of carbonyl (C=O) groups is 1. The molecule has 1 saturated heterocycles. The van der Waals surface area contributed by atoms with E-state index in [2.05, 4.69) is 17.9 Å². The van der Waals surface area contributed by atoms with Gasteiger partial charge in [0.2, 0.25) is 10.0 Å². The largest absolute Gasteiger partial charge is 0.379 e. The molecule has 1 aromatic heterocycles. The fourth-order valence-electron chi connectivity index (χ4n) is 4.09. The number of anilines is 1. The molecule has 8 nitrogen and oxygen atoms in total. The smallest absolute Gasteiger partial charge is 0.260 e. The first-order valence-electron chi connectivity index (χ1n) is 11.8.